The molecular formula is C10H17NSi. The third-order valence-electron chi connectivity index (χ3n) is 1.54. The first-order chi connectivity index (χ1) is 5.47. The quantitative estimate of drug-likeness (QED) is 0.687. The molecule has 0 bridgehead atoms. The topological polar surface area (TPSA) is 12.0 Å². The van der Waals surface area contributed by atoms with E-state index in [-0.39, 0.29) is 0 Å². The second kappa shape index (κ2) is 3.31. The molecule has 0 aliphatic rings. The molecule has 1 N–H and O–H groups in total. The standard InChI is InChI=1S/C10H17NSi/c1-9-6-5-7-10(8-9)11-12(2,3)4/h5-8,11H,1-4H3. The van der Waals surface area contributed by atoms with E-state index in [1.54, 1.807) is 0 Å². The van der Waals surface area contributed by atoms with Crippen LogP contribution < -0.4 is 4.98 Å². The first-order valence-corrected chi connectivity index (χ1v) is 7.82. The van der Waals surface area contributed by atoms with Gasteiger partial charge in [0.05, 0.1) is 0 Å². The molecular weight excluding hydrogens is 162 g/mol. The van der Waals surface area contributed by atoms with E-state index in [1.807, 2.05) is 0 Å². The van der Waals surface area contributed by atoms with Gasteiger partial charge in [0.2, 0.25) is 0 Å². The summed E-state index contributed by atoms with van der Waals surface area (Å²) in [6, 6.07) is 8.54. The minimum atomic E-state index is -1.17. The second-order valence-electron chi connectivity index (χ2n) is 4.24. The van der Waals surface area contributed by atoms with Gasteiger partial charge in [-0.1, -0.05) is 31.8 Å². The highest BCUT2D eigenvalue weighted by Crippen LogP contribution is 2.13. The molecule has 1 nitrogen and oxygen atoms in total. The molecule has 0 aliphatic heterocycles. The van der Waals surface area contributed by atoms with E-state index in [9.17, 15) is 0 Å². The molecule has 12 heavy (non-hydrogen) atoms. The summed E-state index contributed by atoms with van der Waals surface area (Å²) in [6.07, 6.45) is 0. The van der Waals surface area contributed by atoms with Gasteiger partial charge < -0.3 is 4.98 Å². The number of hydrogen-bond acceptors (Lipinski definition) is 1. The molecule has 1 rings (SSSR count). The molecule has 0 heterocycles. The van der Waals surface area contributed by atoms with Crippen molar-refractivity contribution >= 4 is 13.9 Å². The minimum Gasteiger partial charge on any atom is -0.411 e. The molecule has 0 unspecified atom stereocenters. The number of hydrogen-bond donors (Lipinski definition) is 1. The molecule has 1 aromatic carbocycles. The highest BCUT2D eigenvalue weighted by Gasteiger charge is 2.11. The summed E-state index contributed by atoms with van der Waals surface area (Å²) in [6.45, 7) is 9.02. The maximum atomic E-state index is 3.56. The van der Waals surface area contributed by atoms with Crippen LogP contribution in [0.2, 0.25) is 19.6 Å². The van der Waals surface area contributed by atoms with Gasteiger partial charge in [-0.2, -0.15) is 0 Å². The van der Waals surface area contributed by atoms with Crippen molar-refractivity contribution in [3.8, 4) is 0 Å². The number of nitrogens with one attached hydrogen (secondary N) is 1. The summed E-state index contributed by atoms with van der Waals surface area (Å²) < 4.78 is 0. The first kappa shape index (κ1) is 9.33. The maximum Gasteiger partial charge on any atom is 0.144 e. The smallest absolute Gasteiger partial charge is 0.144 e. The van der Waals surface area contributed by atoms with Crippen LogP contribution in [0.25, 0.3) is 0 Å². The van der Waals surface area contributed by atoms with Gasteiger partial charge in [0.15, 0.2) is 0 Å². The Labute approximate surface area is 75.9 Å². The summed E-state index contributed by atoms with van der Waals surface area (Å²) in [4.78, 5) is 3.56. The van der Waals surface area contributed by atoms with Crippen molar-refractivity contribution in [2.24, 2.45) is 0 Å². The fourth-order valence-electron chi connectivity index (χ4n) is 1.16. The van der Waals surface area contributed by atoms with Crippen molar-refractivity contribution < 1.29 is 0 Å². The highest BCUT2D eigenvalue weighted by molar-refractivity contribution is 6.79. The SMILES string of the molecule is Cc1cccc(N[Si](C)(C)C)c1. The fourth-order valence-corrected chi connectivity index (χ4v) is 2.18. The Bertz CT molecular complexity index is 263. The summed E-state index contributed by atoms with van der Waals surface area (Å²) >= 11 is 0. The van der Waals surface area contributed by atoms with Crippen LogP contribution in [0, 0.1) is 6.92 Å². The Morgan fingerprint density at radius 1 is 1.17 bits per heavy atom. The average molecular weight is 179 g/mol. The van der Waals surface area contributed by atoms with E-state index >= 15 is 0 Å². The molecule has 0 saturated heterocycles. The predicted octanol–water partition coefficient (Wildman–Crippen LogP) is 3.24. The Morgan fingerprint density at radius 3 is 2.33 bits per heavy atom. The lowest BCUT2D eigenvalue weighted by atomic mass is 10.2. The van der Waals surface area contributed by atoms with Gasteiger partial charge in [-0.25, -0.2) is 0 Å². The van der Waals surface area contributed by atoms with Crippen LogP contribution >= 0.6 is 0 Å². The zero-order valence-corrected chi connectivity index (χ0v) is 9.31. The average Bonchev–Trinajstić information content (AvgIpc) is 1.82. The predicted molar refractivity (Wildman–Crippen MR) is 58.1 cm³/mol. The van der Waals surface area contributed by atoms with Crippen molar-refractivity contribution in [3.63, 3.8) is 0 Å². The van der Waals surface area contributed by atoms with Crippen LogP contribution in [0.15, 0.2) is 24.3 Å². The van der Waals surface area contributed by atoms with Gasteiger partial charge in [0.1, 0.15) is 8.24 Å². The molecule has 0 aliphatic carbocycles. The lowest BCUT2D eigenvalue weighted by Crippen LogP contribution is -2.32. The highest BCUT2D eigenvalue weighted by atomic mass is 28.3. The van der Waals surface area contributed by atoms with Gasteiger partial charge in [0, 0.05) is 5.69 Å². The molecule has 0 aromatic heterocycles. The Kier molecular flexibility index (Phi) is 2.57. The number of anilines is 1. The summed E-state index contributed by atoms with van der Waals surface area (Å²) in [7, 11) is -1.17. The van der Waals surface area contributed by atoms with Gasteiger partial charge in [-0.15, -0.1) is 0 Å². The van der Waals surface area contributed by atoms with E-state index in [1.165, 1.54) is 11.3 Å². The summed E-state index contributed by atoms with van der Waals surface area (Å²) in [5.74, 6) is 0. The van der Waals surface area contributed by atoms with Crippen molar-refractivity contribution in [2.45, 2.75) is 26.6 Å². The zero-order chi connectivity index (χ0) is 9.19. The third-order valence-corrected chi connectivity index (χ3v) is 2.58. The number of rotatable bonds is 2. The maximum absolute atomic E-state index is 3.56. The van der Waals surface area contributed by atoms with E-state index < -0.39 is 8.24 Å². The van der Waals surface area contributed by atoms with E-state index in [2.05, 4.69) is 55.8 Å². The number of aryl methyl sites for hydroxylation is 1. The Balaban J connectivity index is 2.77. The van der Waals surface area contributed by atoms with Crippen molar-refractivity contribution in [1.82, 2.24) is 0 Å². The second-order valence-corrected chi connectivity index (χ2v) is 8.99. The molecule has 66 valence electrons. The normalized spacial score (nSPS) is 11.3. The van der Waals surface area contributed by atoms with Crippen LogP contribution in [-0.4, -0.2) is 8.24 Å². The molecule has 1 aromatic rings. The van der Waals surface area contributed by atoms with Crippen LogP contribution in [0.5, 0.6) is 0 Å². The lowest BCUT2D eigenvalue weighted by molar-refractivity contribution is 1.46. The molecule has 2 heteroatoms. The fraction of sp³-hybridized carbons (Fsp3) is 0.400. The van der Waals surface area contributed by atoms with Crippen molar-refractivity contribution in [3.05, 3.63) is 29.8 Å². The minimum absolute atomic E-state index is 1.17. The molecule has 0 fully saturated rings. The van der Waals surface area contributed by atoms with Crippen LogP contribution in [0.3, 0.4) is 0 Å². The number of benzene rings is 1. The van der Waals surface area contributed by atoms with Gasteiger partial charge >= 0.3 is 0 Å². The summed E-state index contributed by atoms with van der Waals surface area (Å²) in [5.41, 5.74) is 2.58. The van der Waals surface area contributed by atoms with Gasteiger partial charge in [0.25, 0.3) is 0 Å². The Morgan fingerprint density at radius 2 is 1.83 bits per heavy atom. The van der Waals surface area contributed by atoms with Gasteiger partial charge in [-0.05, 0) is 24.6 Å². The van der Waals surface area contributed by atoms with Crippen LogP contribution in [0.1, 0.15) is 5.56 Å². The zero-order valence-electron chi connectivity index (χ0n) is 8.31. The largest absolute Gasteiger partial charge is 0.411 e. The van der Waals surface area contributed by atoms with E-state index in [0.717, 1.165) is 0 Å². The molecule has 0 spiro atoms. The Hall–Kier alpha value is -0.763. The van der Waals surface area contributed by atoms with Crippen molar-refractivity contribution in [1.29, 1.82) is 0 Å². The molecule has 0 saturated carbocycles. The van der Waals surface area contributed by atoms with E-state index in [4.69, 9.17) is 0 Å². The molecule has 0 radical (unpaired) electrons. The monoisotopic (exact) mass is 179 g/mol. The van der Waals surface area contributed by atoms with Crippen molar-refractivity contribution in [2.75, 3.05) is 4.98 Å². The third kappa shape index (κ3) is 3.09. The van der Waals surface area contributed by atoms with E-state index in [0.29, 0.717) is 0 Å². The van der Waals surface area contributed by atoms with Gasteiger partial charge in [-0.3, -0.25) is 0 Å². The van der Waals surface area contributed by atoms with Crippen LogP contribution in [0.4, 0.5) is 5.69 Å². The van der Waals surface area contributed by atoms with Crippen LogP contribution in [-0.2, 0) is 0 Å². The lowest BCUT2D eigenvalue weighted by Gasteiger charge is -2.19. The molecule has 0 amide bonds. The first-order valence-electron chi connectivity index (χ1n) is 4.32. The summed E-state index contributed by atoms with van der Waals surface area (Å²) in [5, 5.41) is 0. The molecule has 0 atom stereocenters.